The molecule has 8 heteroatoms. The molecule has 0 N–H and O–H groups in total. The van der Waals surface area contributed by atoms with E-state index in [1.807, 2.05) is 20.8 Å². The summed E-state index contributed by atoms with van der Waals surface area (Å²) >= 11 is 8.47. The van der Waals surface area contributed by atoms with Gasteiger partial charge in [0.05, 0.1) is 10.8 Å². The van der Waals surface area contributed by atoms with E-state index in [4.69, 9.17) is 16.4 Å². The molecular formula is C16H20ClIN4O2. The van der Waals surface area contributed by atoms with Crippen LogP contribution in [0, 0.1) is 8.99 Å². The van der Waals surface area contributed by atoms with Crippen LogP contribution in [0.2, 0.25) is 5.15 Å². The third kappa shape index (κ3) is 3.52. The largest absolute Gasteiger partial charge is 0.367 e. The number of aromatic nitrogens is 3. The predicted molar refractivity (Wildman–Crippen MR) is 101 cm³/mol. The molecule has 0 radical (unpaired) electrons. The standard InChI is InChI=1S/C16H20ClIN4O2/c1-16(2,3)15(23)24-21-6-4-10(5-7-21)22-8-11(18)12-13(17)19-9-20-14(12)22/h8-10H,4-7H2,1-3H3. The molecular weight excluding hydrogens is 443 g/mol. The van der Waals surface area contributed by atoms with Gasteiger partial charge in [0.1, 0.15) is 17.1 Å². The third-order valence-electron chi connectivity index (χ3n) is 4.16. The number of fused-ring (bicyclic) bond motifs is 1. The maximum Gasteiger partial charge on any atom is 0.330 e. The first kappa shape index (κ1) is 17.9. The van der Waals surface area contributed by atoms with Gasteiger partial charge in [-0.1, -0.05) is 11.6 Å². The molecule has 1 fully saturated rings. The van der Waals surface area contributed by atoms with Gasteiger partial charge in [0.25, 0.3) is 0 Å². The van der Waals surface area contributed by atoms with E-state index in [2.05, 4.69) is 43.3 Å². The van der Waals surface area contributed by atoms with Gasteiger partial charge < -0.3 is 9.40 Å². The topological polar surface area (TPSA) is 60.2 Å². The molecule has 0 spiro atoms. The van der Waals surface area contributed by atoms with Crippen molar-refractivity contribution in [1.82, 2.24) is 19.6 Å². The molecule has 0 atom stereocenters. The quantitative estimate of drug-likeness (QED) is 0.501. The van der Waals surface area contributed by atoms with E-state index in [0.717, 1.165) is 27.4 Å². The zero-order valence-corrected chi connectivity index (χ0v) is 16.8. The average Bonchev–Trinajstić information content (AvgIpc) is 2.85. The van der Waals surface area contributed by atoms with Crippen molar-refractivity contribution in [3.8, 4) is 0 Å². The van der Waals surface area contributed by atoms with Gasteiger partial charge in [0.2, 0.25) is 0 Å². The highest BCUT2D eigenvalue weighted by Crippen LogP contribution is 2.32. The molecule has 2 aromatic rings. The smallest absolute Gasteiger partial charge is 0.330 e. The highest BCUT2D eigenvalue weighted by molar-refractivity contribution is 14.1. The number of hydroxylamine groups is 2. The van der Waals surface area contributed by atoms with Crippen molar-refractivity contribution < 1.29 is 9.63 Å². The third-order valence-corrected chi connectivity index (χ3v) is 5.26. The van der Waals surface area contributed by atoms with Crippen LogP contribution < -0.4 is 0 Å². The molecule has 3 rings (SSSR count). The van der Waals surface area contributed by atoms with Gasteiger partial charge in [-0.25, -0.2) is 14.8 Å². The number of carbonyl (C=O) groups is 1. The van der Waals surface area contributed by atoms with E-state index >= 15 is 0 Å². The van der Waals surface area contributed by atoms with Crippen molar-refractivity contribution in [2.24, 2.45) is 5.41 Å². The molecule has 0 unspecified atom stereocenters. The Hall–Kier alpha value is -0.930. The summed E-state index contributed by atoms with van der Waals surface area (Å²) in [6.07, 6.45) is 5.35. The molecule has 0 aliphatic carbocycles. The van der Waals surface area contributed by atoms with Crippen LogP contribution in [0.1, 0.15) is 39.7 Å². The summed E-state index contributed by atoms with van der Waals surface area (Å²) in [5.74, 6) is -0.193. The van der Waals surface area contributed by atoms with E-state index < -0.39 is 5.41 Å². The normalized spacial score (nSPS) is 17.4. The Morgan fingerprint density at radius 3 is 2.62 bits per heavy atom. The highest BCUT2D eigenvalue weighted by Gasteiger charge is 2.29. The minimum atomic E-state index is -0.489. The number of carbonyl (C=O) groups excluding carboxylic acids is 1. The second-order valence-corrected chi connectivity index (χ2v) is 8.56. The van der Waals surface area contributed by atoms with E-state index in [1.54, 1.807) is 5.06 Å². The lowest BCUT2D eigenvalue weighted by molar-refractivity contribution is -0.205. The zero-order chi connectivity index (χ0) is 17.5. The number of rotatable bonds is 2. The second kappa shape index (κ2) is 6.76. The number of hydrogen-bond donors (Lipinski definition) is 0. The van der Waals surface area contributed by atoms with Crippen molar-refractivity contribution in [3.63, 3.8) is 0 Å². The van der Waals surface area contributed by atoms with Gasteiger partial charge in [0.15, 0.2) is 0 Å². The number of halogens is 2. The summed E-state index contributed by atoms with van der Waals surface area (Å²) in [7, 11) is 0. The molecule has 1 aliphatic heterocycles. The van der Waals surface area contributed by atoms with E-state index in [0.29, 0.717) is 24.3 Å². The van der Waals surface area contributed by atoms with Crippen LogP contribution in [0.3, 0.4) is 0 Å². The SMILES string of the molecule is CC(C)(C)C(=O)ON1CCC(n2cc(I)c3c(Cl)ncnc32)CC1. The van der Waals surface area contributed by atoms with Gasteiger partial charge in [-0.3, -0.25) is 0 Å². The van der Waals surface area contributed by atoms with Gasteiger partial charge in [0, 0.05) is 28.9 Å². The molecule has 0 saturated carbocycles. The van der Waals surface area contributed by atoms with Crippen molar-refractivity contribution in [1.29, 1.82) is 0 Å². The molecule has 3 heterocycles. The second-order valence-electron chi connectivity index (χ2n) is 7.04. The number of piperidine rings is 1. The Morgan fingerprint density at radius 1 is 1.33 bits per heavy atom. The molecule has 24 heavy (non-hydrogen) atoms. The predicted octanol–water partition coefficient (Wildman–Crippen LogP) is 3.83. The summed E-state index contributed by atoms with van der Waals surface area (Å²) in [6, 6.07) is 0.312. The fourth-order valence-corrected chi connectivity index (χ4v) is 3.93. The zero-order valence-electron chi connectivity index (χ0n) is 13.9. The van der Waals surface area contributed by atoms with Crippen LogP contribution in [0.15, 0.2) is 12.5 Å². The Balaban J connectivity index is 1.72. The fourth-order valence-electron chi connectivity index (χ4n) is 2.75. The molecule has 1 aliphatic rings. The lowest BCUT2D eigenvalue weighted by Gasteiger charge is -2.32. The maximum absolute atomic E-state index is 12.0. The Morgan fingerprint density at radius 2 is 2.00 bits per heavy atom. The van der Waals surface area contributed by atoms with Crippen LogP contribution >= 0.6 is 34.2 Å². The molecule has 0 amide bonds. The number of nitrogens with zero attached hydrogens (tertiary/aromatic N) is 4. The van der Waals surface area contributed by atoms with Crippen LogP contribution in [0.4, 0.5) is 0 Å². The van der Waals surface area contributed by atoms with E-state index in [9.17, 15) is 4.79 Å². The molecule has 130 valence electrons. The molecule has 6 nitrogen and oxygen atoms in total. The van der Waals surface area contributed by atoms with Gasteiger partial charge >= 0.3 is 5.97 Å². The van der Waals surface area contributed by atoms with E-state index in [-0.39, 0.29) is 5.97 Å². The minimum absolute atomic E-state index is 0.193. The van der Waals surface area contributed by atoms with Crippen LogP contribution in [-0.4, -0.2) is 38.7 Å². The van der Waals surface area contributed by atoms with Gasteiger partial charge in [-0.15, -0.1) is 5.06 Å². The van der Waals surface area contributed by atoms with Crippen LogP contribution in [0.5, 0.6) is 0 Å². The molecule has 0 aromatic carbocycles. The van der Waals surface area contributed by atoms with Crippen LogP contribution in [0.25, 0.3) is 11.0 Å². The summed E-state index contributed by atoms with van der Waals surface area (Å²) in [5, 5.41) is 3.16. The summed E-state index contributed by atoms with van der Waals surface area (Å²) in [5.41, 5.74) is 0.376. The summed E-state index contributed by atoms with van der Waals surface area (Å²) < 4.78 is 3.22. The van der Waals surface area contributed by atoms with Crippen molar-refractivity contribution in [2.75, 3.05) is 13.1 Å². The average molecular weight is 463 g/mol. The molecule has 1 saturated heterocycles. The first-order chi connectivity index (χ1) is 11.3. The Labute approximate surface area is 159 Å². The Bertz CT molecular complexity index is 763. The number of hydrogen-bond acceptors (Lipinski definition) is 5. The molecule has 2 aromatic heterocycles. The highest BCUT2D eigenvalue weighted by atomic mass is 127. The first-order valence-corrected chi connectivity index (χ1v) is 9.37. The first-order valence-electron chi connectivity index (χ1n) is 7.91. The summed E-state index contributed by atoms with van der Waals surface area (Å²) in [6.45, 7) is 7.00. The monoisotopic (exact) mass is 462 g/mol. The van der Waals surface area contributed by atoms with Crippen molar-refractivity contribution >= 4 is 51.2 Å². The van der Waals surface area contributed by atoms with Crippen molar-refractivity contribution in [3.05, 3.63) is 21.2 Å². The lowest BCUT2D eigenvalue weighted by atomic mass is 9.98. The van der Waals surface area contributed by atoms with E-state index in [1.165, 1.54) is 6.33 Å². The van der Waals surface area contributed by atoms with Gasteiger partial charge in [-0.2, -0.15) is 0 Å². The minimum Gasteiger partial charge on any atom is -0.367 e. The maximum atomic E-state index is 12.0. The van der Waals surface area contributed by atoms with Gasteiger partial charge in [-0.05, 0) is 56.2 Å². The Kier molecular flexibility index (Phi) is 5.04. The van der Waals surface area contributed by atoms with Crippen molar-refractivity contribution in [2.45, 2.75) is 39.7 Å². The van der Waals surface area contributed by atoms with Crippen LogP contribution in [-0.2, 0) is 9.63 Å². The summed E-state index contributed by atoms with van der Waals surface area (Å²) in [4.78, 5) is 26.0. The lowest BCUT2D eigenvalue weighted by Crippen LogP contribution is -2.39. The molecule has 0 bridgehead atoms. The fraction of sp³-hybridized carbons (Fsp3) is 0.562.